The van der Waals surface area contributed by atoms with Crippen LogP contribution in [0.3, 0.4) is 0 Å². The Balaban J connectivity index is 2.53. The normalized spacial score (nSPS) is 10.4. The summed E-state index contributed by atoms with van der Waals surface area (Å²) in [6, 6.07) is 7.81. The van der Waals surface area contributed by atoms with Crippen molar-refractivity contribution in [2.75, 3.05) is 19.1 Å². The summed E-state index contributed by atoms with van der Waals surface area (Å²) in [5, 5.41) is 0.494. The smallest absolute Gasteiger partial charge is 0.142 e. The van der Waals surface area contributed by atoms with Crippen LogP contribution in [0.1, 0.15) is 18.3 Å². The summed E-state index contributed by atoms with van der Waals surface area (Å²) >= 11 is 6.19. The molecule has 1 aromatic heterocycles. The number of halogens is 1. The average molecular weight is 292 g/mol. The van der Waals surface area contributed by atoms with Crippen molar-refractivity contribution in [3.05, 3.63) is 40.8 Å². The van der Waals surface area contributed by atoms with Crippen molar-refractivity contribution in [1.82, 2.24) is 9.97 Å². The van der Waals surface area contributed by atoms with Crippen LogP contribution in [0.5, 0.6) is 5.75 Å². The summed E-state index contributed by atoms with van der Waals surface area (Å²) in [6.45, 7) is 3.93. The summed E-state index contributed by atoms with van der Waals surface area (Å²) in [6.07, 6.45) is 0.743. The molecule has 0 spiro atoms. The molecule has 106 valence electrons. The lowest BCUT2D eigenvalue weighted by molar-refractivity contribution is 0.415. The van der Waals surface area contributed by atoms with Crippen molar-refractivity contribution in [3.63, 3.8) is 0 Å². The van der Waals surface area contributed by atoms with Crippen LogP contribution in [-0.2, 0) is 6.42 Å². The lowest BCUT2D eigenvalue weighted by Gasteiger charge is -2.23. The Morgan fingerprint density at radius 2 is 1.95 bits per heavy atom. The molecule has 0 fully saturated rings. The van der Waals surface area contributed by atoms with E-state index >= 15 is 0 Å². The maximum absolute atomic E-state index is 6.19. The number of nitrogens with zero attached hydrogens (tertiary/aromatic N) is 3. The number of methoxy groups -OCH3 is 1. The molecule has 0 aliphatic heterocycles. The lowest BCUT2D eigenvalue weighted by Crippen LogP contribution is -2.15. The topological polar surface area (TPSA) is 38.2 Å². The molecule has 0 radical (unpaired) electrons. The quantitative estimate of drug-likeness (QED) is 0.804. The zero-order valence-corrected chi connectivity index (χ0v) is 12.9. The molecule has 0 saturated carbocycles. The maximum Gasteiger partial charge on any atom is 0.142 e. The van der Waals surface area contributed by atoms with Gasteiger partial charge in [0, 0.05) is 19.0 Å². The van der Waals surface area contributed by atoms with E-state index in [0.29, 0.717) is 5.15 Å². The van der Waals surface area contributed by atoms with Crippen LogP contribution < -0.4 is 9.64 Å². The van der Waals surface area contributed by atoms with Crippen molar-refractivity contribution >= 4 is 23.1 Å². The first kappa shape index (κ1) is 14.6. The van der Waals surface area contributed by atoms with Crippen LogP contribution in [-0.4, -0.2) is 24.1 Å². The van der Waals surface area contributed by atoms with Crippen LogP contribution in [0, 0.1) is 6.92 Å². The summed E-state index contributed by atoms with van der Waals surface area (Å²) in [5.41, 5.74) is 1.80. The van der Waals surface area contributed by atoms with Crippen molar-refractivity contribution in [2.45, 2.75) is 20.3 Å². The molecule has 0 saturated heterocycles. The molecule has 0 amide bonds. The molecule has 0 aliphatic carbocycles. The van der Waals surface area contributed by atoms with E-state index in [9.17, 15) is 0 Å². The summed E-state index contributed by atoms with van der Waals surface area (Å²) in [4.78, 5) is 10.8. The lowest BCUT2D eigenvalue weighted by atomic mass is 10.2. The number of hydrogen-bond donors (Lipinski definition) is 0. The van der Waals surface area contributed by atoms with Crippen molar-refractivity contribution in [2.24, 2.45) is 0 Å². The van der Waals surface area contributed by atoms with Crippen LogP contribution in [0.15, 0.2) is 24.3 Å². The molecule has 0 unspecified atom stereocenters. The molecular formula is C15H18ClN3O. The van der Waals surface area contributed by atoms with Gasteiger partial charge in [-0.3, -0.25) is 0 Å². The maximum atomic E-state index is 6.19. The Bertz CT molecular complexity index is 616. The number of ether oxygens (including phenoxy) is 1. The first-order chi connectivity index (χ1) is 9.58. The van der Waals surface area contributed by atoms with E-state index in [-0.39, 0.29) is 0 Å². The van der Waals surface area contributed by atoms with E-state index in [1.807, 2.05) is 50.1 Å². The third kappa shape index (κ3) is 2.70. The molecular weight excluding hydrogens is 274 g/mol. The molecule has 0 N–H and O–H groups in total. The number of hydrogen-bond acceptors (Lipinski definition) is 4. The molecule has 0 aliphatic rings. The van der Waals surface area contributed by atoms with E-state index in [4.69, 9.17) is 16.3 Å². The first-order valence-electron chi connectivity index (χ1n) is 6.48. The van der Waals surface area contributed by atoms with Crippen LogP contribution in [0.4, 0.5) is 11.5 Å². The Morgan fingerprint density at radius 1 is 1.25 bits per heavy atom. The standard InChI is InChI=1S/C15H18ClN3O/c1-5-13-17-14(16)10(2)15(18-13)19(3)11-8-6-7-9-12(11)20-4/h6-9H,5H2,1-4H3. The van der Waals surface area contributed by atoms with Gasteiger partial charge < -0.3 is 9.64 Å². The van der Waals surface area contributed by atoms with Gasteiger partial charge in [-0.25, -0.2) is 9.97 Å². The summed E-state index contributed by atoms with van der Waals surface area (Å²) < 4.78 is 5.40. The molecule has 1 heterocycles. The fourth-order valence-corrected chi connectivity index (χ4v) is 2.21. The first-order valence-corrected chi connectivity index (χ1v) is 6.86. The van der Waals surface area contributed by atoms with Crippen molar-refractivity contribution < 1.29 is 4.74 Å². The van der Waals surface area contributed by atoms with Gasteiger partial charge in [-0.15, -0.1) is 0 Å². The highest BCUT2D eigenvalue weighted by molar-refractivity contribution is 6.30. The third-order valence-electron chi connectivity index (χ3n) is 3.19. The van der Waals surface area contributed by atoms with Gasteiger partial charge in [0.15, 0.2) is 0 Å². The Hall–Kier alpha value is -1.81. The number of benzene rings is 1. The van der Waals surface area contributed by atoms with Gasteiger partial charge in [0.25, 0.3) is 0 Å². The SMILES string of the molecule is CCc1nc(Cl)c(C)c(N(C)c2ccccc2OC)n1. The highest BCUT2D eigenvalue weighted by Gasteiger charge is 2.16. The van der Waals surface area contributed by atoms with Crippen LogP contribution in [0.2, 0.25) is 5.15 Å². The predicted octanol–water partition coefficient (Wildman–Crippen LogP) is 3.78. The molecule has 20 heavy (non-hydrogen) atoms. The molecule has 0 atom stereocenters. The van der Waals surface area contributed by atoms with Gasteiger partial charge >= 0.3 is 0 Å². The van der Waals surface area contributed by atoms with Gasteiger partial charge in [0.1, 0.15) is 22.5 Å². The predicted molar refractivity (Wildman–Crippen MR) is 82.2 cm³/mol. The van der Waals surface area contributed by atoms with Gasteiger partial charge in [0.05, 0.1) is 12.8 Å². The van der Waals surface area contributed by atoms with Crippen molar-refractivity contribution in [1.29, 1.82) is 0 Å². The van der Waals surface area contributed by atoms with Crippen LogP contribution in [0.25, 0.3) is 0 Å². The monoisotopic (exact) mass is 291 g/mol. The fraction of sp³-hybridized carbons (Fsp3) is 0.333. The zero-order valence-electron chi connectivity index (χ0n) is 12.1. The Kier molecular flexibility index (Phi) is 4.45. The highest BCUT2D eigenvalue weighted by Crippen LogP contribution is 2.34. The van der Waals surface area contributed by atoms with Gasteiger partial charge in [0.2, 0.25) is 0 Å². The van der Waals surface area contributed by atoms with Crippen molar-refractivity contribution in [3.8, 4) is 5.75 Å². The third-order valence-corrected chi connectivity index (χ3v) is 3.56. The second kappa shape index (κ2) is 6.09. The number of para-hydroxylation sites is 2. The van der Waals surface area contributed by atoms with Crippen LogP contribution >= 0.6 is 11.6 Å². The van der Waals surface area contributed by atoms with E-state index in [2.05, 4.69) is 9.97 Å². The second-order valence-electron chi connectivity index (χ2n) is 4.46. The Labute approximate surface area is 124 Å². The summed E-state index contributed by atoms with van der Waals surface area (Å²) in [5.74, 6) is 2.32. The molecule has 1 aromatic carbocycles. The number of rotatable bonds is 4. The molecule has 0 bridgehead atoms. The number of anilines is 2. The molecule has 2 rings (SSSR count). The fourth-order valence-electron chi connectivity index (χ4n) is 2.03. The summed E-state index contributed by atoms with van der Waals surface area (Å²) in [7, 11) is 3.60. The van der Waals surface area contributed by atoms with E-state index in [0.717, 1.165) is 35.1 Å². The highest BCUT2D eigenvalue weighted by atomic mass is 35.5. The van der Waals surface area contributed by atoms with Gasteiger partial charge in [-0.2, -0.15) is 0 Å². The minimum atomic E-state index is 0.494. The number of aryl methyl sites for hydroxylation is 1. The second-order valence-corrected chi connectivity index (χ2v) is 4.82. The minimum absolute atomic E-state index is 0.494. The zero-order chi connectivity index (χ0) is 14.7. The van der Waals surface area contributed by atoms with E-state index in [1.165, 1.54) is 0 Å². The average Bonchev–Trinajstić information content (AvgIpc) is 2.49. The number of aromatic nitrogens is 2. The van der Waals surface area contributed by atoms with E-state index < -0.39 is 0 Å². The molecule has 2 aromatic rings. The largest absolute Gasteiger partial charge is 0.495 e. The molecule has 4 nitrogen and oxygen atoms in total. The van der Waals surface area contributed by atoms with Gasteiger partial charge in [-0.05, 0) is 19.1 Å². The van der Waals surface area contributed by atoms with Gasteiger partial charge in [-0.1, -0.05) is 30.7 Å². The van der Waals surface area contributed by atoms with E-state index in [1.54, 1.807) is 7.11 Å². The minimum Gasteiger partial charge on any atom is -0.495 e. The Morgan fingerprint density at radius 3 is 2.60 bits per heavy atom. The molecule has 5 heteroatoms.